The summed E-state index contributed by atoms with van der Waals surface area (Å²) in [5.41, 5.74) is 3.75. The second-order valence-electron chi connectivity index (χ2n) is 7.89. The minimum atomic E-state index is 0.00408. The maximum absolute atomic E-state index is 12.6. The molecule has 0 radical (unpaired) electrons. The average Bonchev–Trinajstić information content (AvgIpc) is 3.24. The molecule has 30 heavy (non-hydrogen) atoms. The Balaban J connectivity index is 1.30. The van der Waals surface area contributed by atoms with E-state index in [1.807, 2.05) is 47.6 Å². The summed E-state index contributed by atoms with van der Waals surface area (Å²) in [6.45, 7) is 5.45. The number of likely N-dealkylation sites (tertiary alicyclic amines) is 1. The normalized spacial score (nSPS) is 17.3. The highest BCUT2D eigenvalue weighted by molar-refractivity contribution is 5.79. The number of carbonyl (C=O) groups is 2. The first-order chi connectivity index (χ1) is 14.5. The summed E-state index contributed by atoms with van der Waals surface area (Å²) in [5, 5.41) is 7.08. The molecule has 2 amide bonds. The van der Waals surface area contributed by atoms with Crippen LogP contribution >= 0.6 is 0 Å². The average molecular weight is 409 g/mol. The molecule has 158 valence electrons. The molecule has 1 N–H and O–H groups in total. The largest absolute Gasteiger partial charge is 0.361 e. The summed E-state index contributed by atoms with van der Waals surface area (Å²) in [5.74, 6) is 0.863. The van der Waals surface area contributed by atoms with Gasteiger partial charge in [0.15, 0.2) is 0 Å². The van der Waals surface area contributed by atoms with Crippen LogP contribution in [0.2, 0.25) is 0 Å². The molecule has 1 fully saturated rings. The lowest BCUT2D eigenvalue weighted by Gasteiger charge is -2.21. The van der Waals surface area contributed by atoms with Gasteiger partial charge in [-0.25, -0.2) is 4.98 Å². The lowest BCUT2D eigenvalue weighted by atomic mass is 10.1. The Bertz CT molecular complexity index is 1030. The molecule has 3 heterocycles. The predicted molar refractivity (Wildman–Crippen MR) is 112 cm³/mol. The van der Waals surface area contributed by atoms with Gasteiger partial charge in [0.25, 0.3) is 0 Å². The summed E-state index contributed by atoms with van der Waals surface area (Å²) >= 11 is 0. The molecule has 1 saturated heterocycles. The molecule has 8 heteroatoms. The van der Waals surface area contributed by atoms with Crippen LogP contribution in [0.5, 0.6) is 0 Å². The number of hydrogen-bond acceptors (Lipinski definition) is 5. The van der Waals surface area contributed by atoms with Crippen LogP contribution in [-0.4, -0.2) is 44.0 Å². The van der Waals surface area contributed by atoms with Gasteiger partial charge in [0, 0.05) is 37.5 Å². The van der Waals surface area contributed by atoms with Crippen molar-refractivity contribution in [2.75, 3.05) is 6.54 Å². The van der Waals surface area contributed by atoms with Crippen molar-refractivity contribution in [2.45, 2.75) is 58.7 Å². The fraction of sp³-hybridized carbons (Fsp3) is 0.455. The first kappa shape index (κ1) is 20.1. The summed E-state index contributed by atoms with van der Waals surface area (Å²) < 4.78 is 7.21. The first-order valence-corrected chi connectivity index (χ1v) is 10.4. The number of para-hydroxylation sites is 2. The molecular formula is C22H27N5O3. The van der Waals surface area contributed by atoms with Gasteiger partial charge in [0.05, 0.1) is 29.6 Å². The topological polar surface area (TPSA) is 93.3 Å². The molecule has 1 aromatic carbocycles. The van der Waals surface area contributed by atoms with Crippen molar-refractivity contribution in [3.63, 3.8) is 0 Å². The van der Waals surface area contributed by atoms with Gasteiger partial charge in [-0.2, -0.15) is 0 Å². The van der Waals surface area contributed by atoms with Crippen LogP contribution in [0.1, 0.15) is 42.7 Å². The summed E-state index contributed by atoms with van der Waals surface area (Å²) in [7, 11) is 0. The highest BCUT2D eigenvalue weighted by Crippen LogP contribution is 2.19. The molecule has 4 rings (SSSR count). The van der Waals surface area contributed by atoms with Crippen molar-refractivity contribution in [1.82, 2.24) is 24.9 Å². The van der Waals surface area contributed by atoms with Gasteiger partial charge >= 0.3 is 0 Å². The van der Waals surface area contributed by atoms with Gasteiger partial charge in [-0.15, -0.1) is 0 Å². The standard InChI is InChI=1S/C22H27N5O3/c1-15-18(16(2)30-25-15)13-26-11-9-17(7-8-22(26)29)24-21(28)10-12-27-14-23-19-5-3-4-6-20(19)27/h3-6,14,17H,7-13H2,1-2H3,(H,24,28). The Labute approximate surface area is 175 Å². The molecule has 1 aliphatic heterocycles. The smallest absolute Gasteiger partial charge is 0.222 e. The van der Waals surface area contributed by atoms with Crippen molar-refractivity contribution in [3.05, 3.63) is 47.6 Å². The zero-order chi connectivity index (χ0) is 21.1. The van der Waals surface area contributed by atoms with Crippen LogP contribution < -0.4 is 5.32 Å². The number of carbonyl (C=O) groups excluding carboxylic acids is 2. The van der Waals surface area contributed by atoms with Crippen molar-refractivity contribution in [2.24, 2.45) is 0 Å². The molecule has 8 nitrogen and oxygen atoms in total. The van der Waals surface area contributed by atoms with E-state index in [4.69, 9.17) is 4.52 Å². The fourth-order valence-corrected chi connectivity index (χ4v) is 3.98. The number of nitrogens with one attached hydrogen (secondary N) is 1. The van der Waals surface area contributed by atoms with E-state index < -0.39 is 0 Å². The summed E-state index contributed by atoms with van der Waals surface area (Å²) in [6.07, 6.45) is 3.99. The molecule has 0 bridgehead atoms. The van der Waals surface area contributed by atoms with Gasteiger partial charge in [0.1, 0.15) is 5.76 Å². The quantitative estimate of drug-likeness (QED) is 0.676. The van der Waals surface area contributed by atoms with Crippen LogP contribution in [0.4, 0.5) is 0 Å². The van der Waals surface area contributed by atoms with Crippen LogP contribution in [0.3, 0.4) is 0 Å². The first-order valence-electron chi connectivity index (χ1n) is 10.4. The molecule has 3 aromatic rings. The van der Waals surface area contributed by atoms with Crippen molar-refractivity contribution >= 4 is 22.8 Å². The lowest BCUT2D eigenvalue weighted by molar-refractivity contribution is -0.131. The Morgan fingerprint density at radius 1 is 1.27 bits per heavy atom. The van der Waals surface area contributed by atoms with Gasteiger partial charge < -0.3 is 19.3 Å². The third-order valence-electron chi connectivity index (χ3n) is 5.81. The molecule has 2 aromatic heterocycles. The zero-order valence-electron chi connectivity index (χ0n) is 17.4. The van der Waals surface area contributed by atoms with Crippen molar-refractivity contribution in [3.8, 4) is 0 Å². The van der Waals surface area contributed by atoms with Crippen LogP contribution in [-0.2, 0) is 22.7 Å². The number of nitrogens with zero attached hydrogens (tertiary/aromatic N) is 4. The second-order valence-corrected chi connectivity index (χ2v) is 7.89. The maximum atomic E-state index is 12.6. The van der Waals surface area contributed by atoms with Gasteiger partial charge in [-0.3, -0.25) is 9.59 Å². The number of benzene rings is 1. The van der Waals surface area contributed by atoms with Gasteiger partial charge in [-0.05, 0) is 38.8 Å². The third-order valence-corrected chi connectivity index (χ3v) is 5.81. The highest BCUT2D eigenvalue weighted by atomic mass is 16.5. The van der Waals surface area contributed by atoms with Gasteiger partial charge in [0.2, 0.25) is 11.8 Å². The number of rotatable bonds is 6. The molecule has 0 aliphatic carbocycles. The molecule has 0 saturated carbocycles. The fourth-order valence-electron chi connectivity index (χ4n) is 3.98. The predicted octanol–water partition coefficient (Wildman–Crippen LogP) is 2.73. The number of amides is 2. The van der Waals surface area contributed by atoms with Crippen LogP contribution in [0.25, 0.3) is 11.0 Å². The van der Waals surface area contributed by atoms with E-state index in [-0.39, 0.29) is 17.9 Å². The SMILES string of the molecule is Cc1noc(C)c1CN1CCC(NC(=O)CCn2cnc3ccccc32)CCC1=O. The van der Waals surface area contributed by atoms with Crippen molar-refractivity contribution in [1.29, 1.82) is 0 Å². The minimum absolute atomic E-state index is 0.00408. The van der Waals surface area contributed by atoms with Crippen molar-refractivity contribution < 1.29 is 14.1 Å². The lowest BCUT2D eigenvalue weighted by Crippen LogP contribution is -2.36. The molecule has 0 spiro atoms. The number of aromatic nitrogens is 3. The Morgan fingerprint density at radius 3 is 2.90 bits per heavy atom. The number of fused-ring (bicyclic) bond motifs is 1. The Kier molecular flexibility index (Phi) is 5.83. The molecule has 1 aliphatic rings. The highest BCUT2D eigenvalue weighted by Gasteiger charge is 2.25. The Morgan fingerprint density at radius 2 is 2.10 bits per heavy atom. The van der Waals surface area contributed by atoms with Gasteiger partial charge in [-0.1, -0.05) is 17.3 Å². The minimum Gasteiger partial charge on any atom is -0.361 e. The maximum Gasteiger partial charge on any atom is 0.222 e. The van der Waals surface area contributed by atoms with E-state index in [2.05, 4.69) is 15.5 Å². The summed E-state index contributed by atoms with van der Waals surface area (Å²) in [4.78, 5) is 31.3. The number of imidazole rings is 1. The zero-order valence-corrected chi connectivity index (χ0v) is 17.4. The van der Waals surface area contributed by atoms with Crippen LogP contribution in [0, 0.1) is 13.8 Å². The van der Waals surface area contributed by atoms with E-state index in [9.17, 15) is 9.59 Å². The van der Waals surface area contributed by atoms with E-state index in [0.29, 0.717) is 38.9 Å². The molecular weight excluding hydrogens is 382 g/mol. The van der Waals surface area contributed by atoms with E-state index in [1.54, 1.807) is 6.33 Å². The van der Waals surface area contributed by atoms with E-state index >= 15 is 0 Å². The van der Waals surface area contributed by atoms with E-state index in [1.165, 1.54) is 0 Å². The number of hydrogen-bond donors (Lipinski definition) is 1. The number of aryl methyl sites for hydroxylation is 3. The third kappa shape index (κ3) is 4.37. The molecule has 1 atom stereocenters. The Hall–Kier alpha value is -3.16. The van der Waals surface area contributed by atoms with Crippen LogP contribution in [0.15, 0.2) is 35.1 Å². The second kappa shape index (κ2) is 8.69. The van der Waals surface area contributed by atoms with E-state index in [0.717, 1.165) is 34.5 Å². The summed E-state index contributed by atoms with van der Waals surface area (Å²) in [6, 6.07) is 7.90. The molecule has 1 unspecified atom stereocenters. The monoisotopic (exact) mass is 409 g/mol.